The molecule has 0 spiro atoms. The van der Waals surface area contributed by atoms with E-state index >= 15 is 0 Å². The molecule has 1 heterocycles. The Morgan fingerprint density at radius 2 is 1.42 bits per heavy atom. The van der Waals surface area contributed by atoms with Crippen LogP contribution >= 0.6 is 35.3 Å². The third kappa shape index (κ3) is 11.7. The van der Waals surface area contributed by atoms with E-state index in [1.165, 1.54) is 16.4 Å². The van der Waals surface area contributed by atoms with Gasteiger partial charge in [0.2, 0.25) is 0 Å². The van der Waals surface area contributed by atoms with Crippen LogP contribution in [0.5, 0.6) is 0 Å². The second kappa shape index (κ2) is 16.1. The van der Waals surface area contributed by atoms with Crippen LogP contribution in [0.3, 0.4) is 0 Å². The predicted molar refractivity (Wildman–Crippen MR) is 114 cm³/mol. The molecule has 0 radical (unpaired) electrons. The molecule has 0 aliphatic carbocycles. The lowest BCUT2D eigenvalue weighted by Gasteiger charge is -2.18. The van der Waals surface area contributed by atoms with Gasteiger partial charge in [0.25, 0.3) is 0 Å². The van der Waals surface area contributed by atoms with E-state index in [9.17, 15) is 0 Å². The Bertz CT molecular complexity index is 418. The summed E-state index contributed by atoms with van der Waals surface area (Å²) in [6.07, 6.45) is 0.0626. The van der Waals surface area contributed by atoms with Gasteiger partial charge < -0.3 is 18.9 Å². The second-order valence-electron chi connectivity index (χ2n) is 5.64. The molecule has 0 amide bonds. The molecule has 1 aliphatic rings. The second-order valence-corrected chi connectivity index (χ2v) is 9.18. The zero-order valence-corrected chi connectivity index (χ0v) is 17.8. The maximum absolute atomic E-state index is 5.99. The average Bonchev–Trinajstić information content (AvgIpc) is 2.68. The maximum Gasteiger partial charge on any atom is 0.0903 e. The van der Waals surface area contributed by atoms with E-state index in [1.54, 1.807) is 11.8 Å². The molecule has 2 rings (SSSR count). The average molecular weight is 419 g/mol. The molecular weight excluding hydrogens is 388 g/mol. The Kier molecular flexibility index (Phi) is 13.9. The molecule has 1 atom stereocenters. The molecule has 1 unspecified atom stereocenters. The van der Waals surface area contributed by atoms with Crippen molar-refractivity contribution in [1.82, 2.24) is 0 Å². The fourth-order valence-corrected chi connectivity index (χ4v) is 4.96. The molecule has 1 aromatic carbocycles. The monoisotopic (exact) mass is 418 g/mol. The molecule has 148 valence electrons. The van der Waals surface area contributed by atoms with Crippen molar-refractivity contribution in [2.45, 2.75) is 11.0 Å². The van der Waals surface area contributed by atoms with Gasteiger partial charge in [-0.1, -0.05) is 18.2 Å². The first-order valence-electron chi connectivity index (χ1n) is 9.13. The van der Waals surface area contributed by atoms with E-state index in [4.69, 9.17) is 18.9 Å². The highest BCUT2D eigenvalue weighted by Crippen LogP contribution is 2.19. The van der Waals surface area contributed by atoms with Crippen LogP contribution in [0.2, 0.25) is 0 Å². The summed E-state index contributed by atoms with van der Waals surface area (Å²) in [5.74, 6) is 5.32. The summed E-state index contributed by atoms with van der Waals surface area (Å²) >= 11 is 5.70. The first-order valence-corrected chi connectivity index (χ1v) is 12.4. The van der Waals surface area contributed by atoms with Crippen LogP contribution in [0.4, 0.5) is 0 Å². The highest BCUT2D eigenvalue weighted by atomic mass is 32.2. The summed E-state index contributed by atoms with van der Waals surface area (Å²) in [6, 6.07) is 10.4. The minimum atomic E-state index is 0.0626. The highest BCUT2D eigenvalue weighted by molar-refractivity contribution is 8.02. The lowest BCUT2D eigenvalue weighted by Crippen LogP contribution is -2.25. The van der Waals surface area contributed by atoms with Crippen LogP contribution in [0, 0.1) is 0 Å². The highest BCUT2D eigenvalue weighted by Gasteiger charge is 2.11. The van der Waals surface area contributed by atoms with E-state index in [0.717, 1.165) is 30.5 Å². The molecule has 7 heteroatoms. The Morgan fingerprint density at radius 1 is 0.769 bits per heavy atom. The number of hydrogen-bond donors (Lipinski definition) is 0. The van der Waals surface area contributed by atoms with Gasteiger partial charge >= 0.3 is 0 Å². The summed E-state index contributed by atoms with van der Waals surface area (Å²) in [4.78, 5) is 1.25. The smallest absolute Gasteiger partial charge is 0.0903 e. The largest absolute Gasteiger partial charge is 0.378 e. The fraction of sp³-hybridized carbons (Fsp3) is 0.684. The topological polar surface area (TPSA) is 36.9 Å². The van der Waals surface area contributed by atoms with Gasteiger partial charge in [-0.2, -0.15) is 23.5 Å². The first kappa shape index (κ1) is 22.4. The van der Waals surface area contributed by atoms with Crippen molar-refractivity contribution in [2.24, 2.45) is 0 Å². The van der Waals surface area contributed by atoms with Gasteiger partial charge in [-0.3, -0.25) is 0 Å². The fourth-order valence-electron chi connectivity index (χ4n) is 2.22. The zero-order chi connectivity index (χ0) is 18.1. The van der Waals surface area contributed by atoms with Gasteiger partial charge in [-0.25, -0.2) is 0 Å². The minimum Gasteiger partial charge on any atom is -0.378 e. The van der Waals surface area contributed by atoms with E-state index in [0.29, 0.717) is 33.0 Å². The summed E-state index contributed by atoms with van der Waals surface area (Å²) in [5, 5.41) is 0. The van der Waals surface area contributed by atoms with Gasteiger partial charge in [0, 0.05) is 33.7 Å². The van der Waals surface area contributed by atoms with Crippen molar-refractivity contribution in [1.29, 1.82) is 0 Å². The molecule has 0 saturated carbocycles. The number of ether oxygens (including phenoxy) is 4. The van der Waals surface area contributed by atoms with Crippen LogP contribution in [0.15, 0.2) is 35.2 Å². The van der Waals surface area contributed by atoms with E-state index in [-0.39, 0.29) is 6.10 Å². The van der Waals surface area contributed by atoms with Crippen molar-refractivity contribution in [2.75, 3.05) is 75.0 Å². The van der Waals surface area contributed by atoms with Crippen molar-refractivity contribution >= 4 is 35.3 Å². The Labute approximate surface area is 170 Å². The van der Waals surface area contributed by atoms with Crippen LogP contribution in [-0.2, 0) is 18.9 Å². The first-order chi connectivity index (χ1) is 12.9. The van der Waals surface area contributed by atoms with Crippen LogP contribution in [0.25, 0.3) is 0 Å². The summed E-state index contributed by atoms with van der Waals surface area (Å²) < 4.78 is 23.0. The molecule has 1 saturated heterocycles. The number of hydrogen-bond acceptors (Lipinski definition) is 7. The lowest BCUT2D eigenvalue weighted by molar-refractivity contribution is -0.0359. The predicted octanol–water partition coefficient (Wildman–Crippen LogP) is 3.69. The summed E-state index contributed by atoms with van der Waals surface area (Å²) in [5.41, 5.74) is 0. The number of rotatable bonds is 3. The van der Waals surface area contributed by atoms with Crippen molar-refractivity contribution in [3.8, 4) is 0 Å². The van der Waals surface area contributed by atoms with Gasteiger partial charge in [-0.05, 0) is 12.1 Å². The molecule has 26 heavy (non-hydrogen) atoms. The maximum atomic E-state index is 5.99. The van der Waals surface area contributed by atoms with Gasteiger partial charge in [0.1, 0.15) is 0 Å². The van der Waals surface area contributed by atoms with E-state index in [2.05, 4.69) is 24.3 Å². The van der Waals surface area contributed by atoms with Crippen molar-refractivity contribution in [3.05, 3.63) is 30.3 Å². The third-order valence-corrected chi connectivity index (χ3v) is 6.85. The van der Waals surface area contributed by atoms with Crippen molar-refractivity contribution < 1.29 is 18.9 Å². The van der Waals surface area contributed by atoms with Crippen LogP contribution in [-0.4, -0.2) is 81.1 Å². The molecule has 0 N–H and O–H groups in total. The van der Waals surface area contributed by atoms with E-state index < -0.39 is 0 Å². The Morgan fingerprint density at radius 3 is 2.15 bits per heavy atom. The van der Waals surface area contributed by atoms with Gasteiger partial charge in [-0.15, -0.1) is 11.8 Å². The molecule has 4 nitrogen and oxygen atoms in total. The number of benzene rings is 1. The van der Waals surface area contributed by atoms with E-state index in [1.807, 2.05) is 29.6 Å². The zero-order valence-electron chi connectivity index (χ0n) is 15.3. The van der Waals surface area contributed by atoms with Gasteiger partial charge in [0.05, 0.1) is 52.4 Å². The standard InChI is InChI=1S/C19H30O4S3/c1-2-4-19(5-3-1)26-17-18-16-22-7-6-20-10-12-24-14-15-25-13-11-21-8-9-23-18/h1-5,18H,6-17H2. The molecule has 1 fully saturated rings. The van der Waals surface area contributed by atoms with Crippen molar-refractivity contribution in [3.63, 3.8) is 0 Å². The van der Waals surface area contributed by atoms with Crippen LogP contribution in [0.1, 0.15) is 0 Å². The summed E-state index contributed by atoms with van der Waals surface area (Å²) in [6.45, 7) is 4.70. The Balaban J connectivity index is 1.70. The van der Waals surface area contributed by atoms with Crippen LogP contribution < -0.4 is 0 Å². The molecule has 0 bridgehead atoms. The SMILES string of the molecule is c1ccc(SCC2COCCOCCSCCSCCOCCO2)cc1. The third-order valence-electron chi connectivity index (χ3n) is 3.55. The summed E-state index contributed by atoms with van der Waals surface area (Å²) in [7, 11) is 0. The number of thioether (sulfide) groups is 3. The molecule has 1 aliphatic heterocycles. The molecule has 0 aromatic heterocycles. The molecular formula is C19H30O4S3. The Hall–Kier alpha value is 0.110. The molecule has 1 aromatic rings. The quantitative estimate of drug-likeness (QED) is 0.693. The van der Waals surface area contributed by atoms with Gasteiger partial charge in [0.15, 0.2) is 0 Å². The minimum absolute atomic E-state index is 0.0626. The normalized spacial score (nSPS) is 23.0. The lowest BCUT2D eigenvalue weighted by atomic mass is 10.4.